The number of aromatic nitrogens is 2. The number of hydrogen-bond acceptors (Lipinski definition) is 3. The molecule has 1 amide bonds. The van der Waals surface area contributed by atoms with Gasteiger partial charge in [0.05, 0.1) is 17.9 Å². The van der Waals surface area contributed by atoms with Gasteiger partial charge in [0.25, 0.3) is 0 Å². The number of aromatic amines is 1. The Balaban J connectivity index is 2.09. The summed E-state index contributed by atoms with van der Waals surface area (Å²) in [4.78, 5) is 19.2. The van der Waals surface area contributed by atoms with E-state index in [-0.39, 0.29) is 11.9 Å². The molecule has 5 nitrogen and oxygen atoms in total. The Labute approximate surface area is 135 Å². The first kappa shape index (κ1) is 17.0. The number of aryl methyl sites for hydroxylation is 1. The molecule has 0 bridgehead atoms. The van der Waals surface area contributed by atoms with Crippen molar-refractivity contribution in [2.24, 2.45) is 0 Å². The van der Waals surface area contributed by atoms with Crippen molar-refractivity contribution in [3.05, 3.63) is 41.6 Å². The molecular formula is C17H22FN3O2. The SMILES string of the molecule is Cc1cc(-c2cnc(C(C)NC(=O)OC(C)(C)C)[nH]2)ccc1F. The Morgan fingerprint density at radius 1 is 1.39 bits per heavy atom. The van der Waals surface area contributed by atoms with Crippen molar-refractivity contribution in [2.75, 3.05) is 0 Å². The number of imidazole rings is 1. The summed E-state index contributed by atoms with van der Waals surface area (Å²) in [5.74, 6) is 0.362. The molecule has 2 N–H and O–H groups in total. The lowest BCUT2D eigenvalue weighted by Crippen LogP contribution is -2.34. The van der Waals surface area contributed by atoms with Gasteiger partial charge in [0.1, 0.15) is 17.2 Å². The van der Waals surface area contributed by atoms with Crippen LogP contribution in [0.1, 0.15) is 45.1 Å². The van der Waals surface area contributed by atoms with Crippen LogP contribution >= 0.6 is 0 Å². The van der Waals surface area contributed by atoms with Gasteiger partial charge in [-0.1, -0.05) is 0 Å². The van der Waals surface area contributed by atoms with Crippen molar-refractivity contribution >= 4 is 6.09 Å². The van der Waals surface area contributed by atoms with Gasteiger partial charge in [-0.25, -0.2) is 14.2 Å². The fraction of sp³-hybridized carbons (Fsp3) is 0.412. The second-order valence-corrected chi connectivity index (χ2v) is 6.51. The minimum absolute atomic E-state index is 0.242. The van der Waals surface area contributed by atoms with Crippen molar-refractivity contribution in [3.8, 4) is 11.3 Å². The zero-order valence-electron chi connectivity index (χ0n) is 14.0. The second kappa shape index (κ2) is 6.40. The van der Waals surface area contributed by atoms with Gasteiger partial charge >= 0.3 is 6.09 Å². The van der Waals surface area contributed by atoms with Gasteiger partial charge in [-0.05, 0) is 58.4 Å². The van der Waals surface area contributed by atoms with E-state index in [9.17, 15) is 9.18 Å². The maximum Gasteiger partial charge on any atom is 0.408 e. The quantitative estimate of drug-likeness (QED) is 0.894. The number of halogens is 1. The summed E-state index contributed by atoms with van der Waals surface area (Å²) in [7, 11) is 0. The summed E-state index contributed by atoms with van der Waals surface area (Å²) >= 11 is 0. The molecule has 1 atom stereocenters. The van der Waals surface area contributed by atoms with Crippen LogP contribution < -0.4 is 5.32 Å². The molecule has 0 aliphatic rings. The van der Waals surface area contributed by atoms with Crippen LogP contribution in [0.4, 0.5) is 9.18 Å². The molecule has 0 spiro atoms. The highest BCUT2D eigenvalue weighted by Crippen LogP contribution is 2.22. The van der Waals surface area contributed by atoms with Crippen LogP contribution in [-0.2, 0) is 4.74 Å². The van der Waals surface area contributed by atoms with Gasteiger partial charge in [0.15, 0.2) is 0 Å². The van der Waals surface area contributed by atoms with E-state index >= 15 is 0 Å². The number of amides is 1. The standard InChI is InChI=1S/C17H22FN3O2/c1-10-8-12(6-7-13(10)18)14-9-19-15(21-14)11(2)20-16(22)23-17(3,4)5/h6-9,11H,1-5H3,(H,19,21)(H,20,22). The molecule has 2 aromatic rings. The first-order valence-electron chi connectivity index (χ1n) is 7.46. The van der Waals surface area contributed by atoms with Gasteiger partial charge < -0.3 is 15.0 Å². The summed E-state index contributed by atoms with van der Waals surface area (Å²) in [6.45, 7) is 8.93. The molecule has 0 radical (unpaired) electrons. The fourth-order valence-corrected chi connectivity index (χ4v) is 2.07. The lowest BCUT2D eigenvalue weighted by molar-refractivity contribution is 0.0506. The number of nitrogens with one attached hydrogen (secondary N) is 2. The summed E-state index contributed by atoms with van der Waals surface area (Å²) in [5, 5.41) is 2.72. The minimum Gasteiger partial charge on any atom is -0.444 e. The van der Waals surface area contributed by atoms with Crippen molar-refractivity contribution < 1.29 is 13.9 Å². The van der Waals surface area contributed by atoms with Gasteiger partial charge in [-0.3, -0.25) is 0 Å². The first-order valence-corrected chi connectivity index (χ1v) is 7.46. The molecular weight excluding hydrogens is 297 g/mol. The van der Waals surface area contributed by atoms with Crippen LogP contribution in [0.2, 0.25) is 0 Å². The van der Waals surface area contributed by atoms with Crippen LogP contribution in [0.25, 0.3) is 11.3 Å². The van der Waals surface area contributed by atoms with Gasteiger partial charge in [-0.15, -0.1) is 0 Å². The predicted molar refractivity (Wildman–Crippen MR) is 86.5 cm³/mol. The van der Waals surface area contributed by atoms with Gasteiger partial charge in [-0.2, -0.15) is 0 Å². The number of H-pyrrole nitrogens is 1. The van der Waals surface area contributed by atoms with E-state index in [2.05, 4.69) is 15.3 Å². The van der Waals surface area contributed by atoms with Gasteiger partial charge in [0, 0.05) is 5.56 Å². The molecule has 0 aliphatic heterocycles. The smallest absolute Gasteiger partial charge is 0.408 e. The number of carbonyl (C=O) groups excluding carboxylic acids is 1. The average molecular weight is 319 g/mol. The summed E-state index contributed by atoms with van der Waals surface area (Å²) < 4.78 is 18.6. The molecule has 124 valence electrons. The van der Waals surface area contributed by atoms with Gasteiger partial charge in [0.2, 0.25) is 0 Å². The van der Waals surface area contributed by atoms with Crippen LogP contribution in [0, 0.1) is 12.7 Å². The number of rotatable bonds is 3. The highest BCUT2D eigenvalue weighted by molar-refractivity contribution is 5.68. The Bertz CT molecular complexity index is 704. The molecule has 1 aromatic heterocycles. The molecule has 1 unspecified atom stereocenters. The van der Waals surface area contributed by atoms with E-state index < -0.39 is 11.7 Å². The van der Waals surface area contributed by atoms with Crippen LogP contribution in [-0.4, -0.2) is 21.7 Å². The number of carbonyl (C=O) groups is 1. The Morgan fingerprint density at radius 2 is 2.09 bits per heavy atom. The van der Waals surface area contributed by atoms with Crippen LogP contribution in [0.5, 0.6) is 0 Å². The molecule has 2 rings (SSSR count). The fourth-order valence-electron chi connectivity index (χ4n) is 2.07. The highest BCUT2D eigenvalue weighted by atomic mass is 19.1. The average Bonchev–Trinajstić information content (AvgIpc) is 2.89. The third-order valence-electron chi connectivity index (χ3n) is 3.21. The minimum atomic E-state index is -0.552. The zero-order chi connectivity index (χ0) is 17.2. The number of benzene rings is 1. The summed E-state index contributed by atoms with van der Waals surface area (Å²) in [6, 6.07) is 4.53. The third-order valence-corrected chi connectivity index (χ3v) is 3.21. The number of ether oxygens (including phenoxy) is 1. The molecule has 23 heavy (non-hydrogen) atoms. The Morgan fingerprint density at radius 3 is 2.70 bits per heavy atom. The molecule has 0 saturated heterocycles. The number of hydrogen-bond donors (Lipinski definition) is 2. The molecule has 1 heterocycles. The second-order valence-electron chi connectivity index (χ2n) is 6.51. The largest absolute Gasteiger partial charge is 0.444 e. The van der Waals surface area contributed by atoms with Crippen molar-refractivity contribution in [1.82, 2.24) is 15.3 Å². The summed E-state index contributed by atoms with van der Waals surface area (Å²) in [5.41, 5.74) is 1.62. The zero-order valence-corrected chi connectivity index (χ0v) is 14.0. The lowest BCUT2D eigenvalue weighted by Gasteiger charge is -2.21. The van der Waals surface area contributed by atoms with E-state index in [4.69, 9.17) is 4.74 Å². The normalized spacial score (nSPS) is 12.8. The molecule has 0 saturated carbocycles. The number of nitrogens with zero attached hydrogens (tertiary/aromatic N) is 1. The Kier molecular flexibility index (Phi) is 4.73. The first-order chi connectivity index (χ1) is 10.7. The van der Waals surface area contributed by atoms with Crippen molar-refractivity contribution in [3.63, 3.8) is 0 Å². The summed E-state index contributed by atoms with van der Waals surface area (Å²) in [6.07, 6.45) is 1.16. The van der Waals surface area contributed by atoms with Crippen molar-refractivity contribution in [1.29, 1.82) is 0 Å². The maximum absolute atomic E-state index is 13.3. The van der Waals surface area contributed by atoms with E-state index in [1.807, 2.05) is 6.92 Å². The molecule has 6 heteroatoms. The molecule has 1 aromatic carbocycles. The monoisotopic (exact) mass is 319 g/mol. The van der Waals surface area contributed by atoms with Crippen molar-refractivity contribution in [2.45, 2.75) is 46.3 Å². The number of alkyl carbamates (subject to hydrolysis) is 1. The lowest BCUT2D eigenvalue weighted by atomic mass is 10.1. The van der Waals surface area contributed by atoms with Crippen LogP contribution in [0.3, 0.4) is 0 Å². The predicted octanol–water partition coefficient (Wildman–Crippen LogP) is 4.11. The Hall–Kier alpha value is -2.37. The van der Waals surface area contributed by atoms with E-state index in [0.717, 1.165) is 11.3 Å². The molecule has 0 aliphatic carbocycles. The third kappa shape index (κ3) is 4.55. The van der Waals surface area contributed by atoms with E-state index in [1.165, 1.54) is 6.07 Å². The van der Waals surface area contributed by atoms with E-state index in [1.54, 1.807) is 46.0 Å². The molecule has 0 fully saturated rings. The van der Waals surface area contributed by atoms with E-state index in [0.29, 0.717) is 11.4 Å². The maximum atomic E-state index is 13.3. The highest BCUT2D eigenvalue weighted by Gasteiger charge is 2.19. The topological polar surface area (TPSA) is 67.0 Å². The van der Waals surface area contributed by atoms with Crippen LogP contribution in [0.15, 0.2) is 24.4 Å².